The quantitative estimate of drug-likeness (QED) is 0.581. The molecule has 0 atom stereocenters. The number of para-hydroxylation sites is 1. The average Bonchev–Trinajstić information content (AvgIpc) is 2.15. The first-order valence-electron chi connectivity index (χ1n) is 4.13. The molecule has 66 valence electrons. The Balaban J connectivity index is 2.94. The molecule has 0 fully saturated rings. The Morgan fingerprint density at radius 3 is 2.62 bits per heavy atom. The second-order valence-corrected chi connectivity index (χ2v) is 3.10. The third-order valence-electron chi connectivity index (χ3n) is 2.27. The van der Waals surface area contributed by atoms with E-state index in [1.54, 1.807) is 0 Å². The van der Waals surface area contributed by atoms with Gasteiger partial charge in [0.2, 0.25) is 0 Å². The van der Waals surface area contributed by atoms with Crippen LogP contribution >= 0.6 is 0 Å². The van der Waals surface area contributed by atoms with Crippen LogP contribution in [0.3, 0.4) is 0 Å². The number of nitrogen functional groups attached to an aromatic ring is 2. The predicted molar refractivity (Wildman–Crippen MR) is 53.9 cm³/mol. The molecule has 1 aromatic heterocycles. The zero-order valence-corrected chi connectivity index (χ0v) is 7.49. The molecule has 3 heteroatoms. The zero-order valence-electron chi connectivity index (χ0n) is 7.49. The number of hydrogen-bond donors (Lipinski definition) is 2. The predicted octanol–water partition coefficient (Wildman–Crippen LogP) is 0.829. The SMILES string of the molecule is C[n+]1c(N)c(N)cc2ccccc21. The van der Waals surface area contributed by atoms with Crippen LogP contribution in [0, 0.1) is 0 Å². The first kappa shape index (κ1) is 7.86. The summed E-state index contributed by atoms with van der Waals surface area (Å²) in [4.78, 5) is 0. The second-order valence-electron chi connectivity index (χ2n) is 3.10. The molecule has 0 amide bonds. The monoisotopic (exact) mass is 174 g/mol. The molecule has 0 spiro atoms. The van der Waals surface area contributed by atoms with E-state index in [0.29, 0.717) is 11.5 Å². The number of rotatable bonds is 0. The lowest BCUT2D eigenvalue weighted by Crippen LogP contribution is -2.34. The molecule has 1 aromatic carbocycles. The Hall–Kier alpha value is -1.77. The molecule has 4 N–H and O–H groups in total. The maximum Gasteiger partial charge on any atom is 0.296 e. The number of aromatic nitrogens is 1. The minimum Gasteiger partial charge on any atom is -0.392 e. The van der Waals surface area contributed by atoms with Gasteiger partial charge in [-0.05, 0) is 12.1 Å². The Kier molecular flexibility index (Phi) is 1.59. The van der Waals surface area contributed by atoms with Crippen molar-refractivity contribution < 1.29 is 4.57 Å². The standard InChI is InChI=1S/C10H11N3/c1-13-9-5-3-2-4-7(9)6-8(11)10(13)12/h2-6,12H,11H2,1H3/p+1. The summed E-state index contributed by atoms with van der Waals surface area (Å²) in [6, 6.07) is 9.90. The van der Waals surface area contributed by atoms with Gasteiger partial charge in [-0.15, -0.1) is 0 Å². The fraction of sp³-hybridized carbons (Fsp3) is 0.100. The molecule has 2 rings (SSSR count). The van der Waals surface area contributed by atoms with Crippen LogP contribution in [0.2, 0.25) is 0 Å². The molecular weight excluding hydrogens is 162 g/mol. The highest BCUT2D eigenvalue weighted by Gasteiger charge is 2.09. The van der Waals surface area contributed by atoms with Crippen LogP contribution in [-0.4, -0.2) is 0 Å². The second kappa shape index (κ2) is 2.62. The van der Waals surface area contributed by atoms with Gasteiger partial charge >= 0.3 is 0 Å². The van der Waals surface area contributed by atoms with E-state index in [1.807, 2.05) is 41.9 Å². The maximum atomic E-state index is 5.79. The summed E-state index contributed by atoms with van der Waals surface area (Å²) in [6.07, 6.45) is 0. The van der Waals surface area contributed by atoms with E-state index in [4.69, 9.17) is 11.5 Å². The van der Waals surface area contributed by atoms with Crippen LogP contribution in [0.15, 0.2) is 30.3 Å². The smallest absolute Gasteiger partial charge is 0.296 e. The van der Waals surface area contributed by atoms with Crippen molar-refractivity contribution in [2.75, 3.05) is 11.5 Å². The van der Waals surface area contributed by atoms with Crippen LogP contribution in [0.5, 0.6) is 0 Å². The molecule has 0 aliphatic carbocycles. The maximum absolute atomic E-state index is 5.79. The van der Waals surface area contributed by atoms with E-state index in [0.717, 1.165) is 10.9 Å². The minimum atomic E-state index is 0.610. The third kappa shape index (κ3) is 1.09. The van der Waals surface area contributed by atoms with Gasteiger partial charge in [0.25, 0.3) is 5.82 Å². The van der Waals surface area contributed by atoms with Gasteiger partial charge in [-0.1, -0.05) is 18.2 Å². The largest absolute Gasteiger partial charge is 0.392 e. The Morgan fingerprint density at radius 2 is 1.85 bits per heavy atom. The fourth-order valence-corrected chi connectivity index (χ4v) is 1.48. The lowest BCUT2D eigenvalue weighted by molar-refractivity contribution is -0.629. The number of nitrogens with zero attached hydrogens (tertiary/aromatic N) is 1. The summed E-state index contributed by atoms with van der Waals surface area (Å²) >= 11 is 0. The third-order valence-corrected chi connectivity index (χ3v) is 2.27. The van der Waals surface area contributed by atoms with Gasteiger partial charge in [0.1, 0.15) is 11.2 Å². The van der Waals surface area contributed by atoms with Crippen molar-refractivity contribution in [3.05, 3.63) is 30.3 Å². The highest BCUT2D eigenvalue weighted by Crippen LogP contribution is 2.17. The number of hydrogen-bond acceptors (Lipinski definition) is 2. The van der Waals surface area contributed by atoms with Crippen LogP contribution in [0.1, 0.15) is 0 Å². The first-order chi connectivity index (χ1) is 6.20. The van der Waals surface area contributed by atoms with Gasteiger partial charge in [-0.25, -0.2) is 4.57 Å². The van der Waals surface area contributed by atoms with Gasteiger partial charge < -0.3 is 5.73 Å². The van der Waals surface area contributed by atoms with Crippen molar-refractivity contribution in [3.63, 3.8) is 0 Å². The number of aryl methyl sites for hydroxylation is 1. The lowest BCUT2D eigenvalue weighted by atomic mass is 10.2. The molecule has 0 saturated heterocycles. The number of fused-ring (bicyclic) bond motifs is 1. The zero-order chi connectivity index (χ0) is 9.42. The molecule has 0 unspecified atom stereocenters. The van der Waals surface area contributed by atoms with Crippen molar-refractivity contribution in [1.82, 2.24) is 0 Å². The molecule has 0 aliphatic rings. The van der Waals surface area contributed by atoms with E-state index >= 15 is 0 Å². The van der Waals surface area contributed by atoms with E-state index in [-0.39, 0.29) is 0 Å². The fourth-order valence-electron chi connectivity index (χ4n) is 1.48. The Morgan fingerprint density at radius 1 is 1.15 bits per heavy atom. The molecule has 0 bridgehead atoms. The van der Waals surface area contributed by atoms with Gasteiger partial charge in [0.05, 0.1) is 7.05 Å². The summed E-state index contributed by atoms with van der Waals surface area (Å²) in [7, 11) is 1.91. The molecule has 0 aliphatic heterocycles. The summed E-state index contributed by atoms with van der Waals surface area (Å²) in [5, 5.41) is 1.11. The molecule has 0 radical (unpaired) electrons. The van der Waals surface area contributed by atoms with Gasteiger partial charge in [-0.3, -0.25) is 5.73 Å². The summed E-state index contributed by atoms with van der Waals surface area (Å²) < 4.78 is 1.89. The van der Waals surface area contributed by atoms with Crippen molar-refractivity contribution in [2.45, 2.75) is 0 Å². The average molecular weight is 174 g/mol. The van der Waals surface area contributed by atoms with Gasteiger partial charge in [0.15, 0.2) is 0 Å². The van der Waals surface area contributed by atoms with E-state index in [1.165, 1.54) is 0 Å². The lowest BCUT2D eigenvalue weighted by Gasteiger charge is -2.03. The Bertz CT molecular complexity index is 463. The van der Waals surface area contributed by atoms with E-state index in [2.05, 4.69) is 0 Å². The first-order valence-corrected chi connectivity index (χ1v) is 4.13. The summed E-state index contributed by atoms with van der Waals surface area (Å²) in [6.45, 7) is 0. The highest BCUT2D eigenvalue weighted by atomic mass is 15.0. The highest BCUT2D eigenvalue weighted by molar-refractivity contribution is 5.81. The molecule has 3 nitrogen and oxygen atoms in total. The van der Waals surface area contributed by atoms with Crippen molar-refractivity contribution in [3.8, 4) is 0 Å². The Labute approximate surface area is 76.6 Å². The summed E-state index contributed by atoms with van der Waals surface area (Å²) in [5.74, 6) is 0.610. The van der Waals surface area contributed by atoms with Crippen LogP contribution < -0.4 is 16.0 Å². The van der Waals surface area contributed by atoms with E-state index < -0.39 is 0 Å². The van der Waals surface area contributed by atoms with Crippen molar-refractivity contribution in [2.24, 2.45) is 7.05 Å². The number of nitrogens with two attached hydrogens (primary N) is 2. The number of benzene rings is 1. The van der Waals surface area contributed by atoms with Crippen molar-refractivity contribution >= 4 is 22.4 Å². The van der Waals surface area contributed by atoms with E-state index in [9.17, 15) is 0 Å². The molecule has 1 heterocycles. The number of pyridine rings is 1. The molecule has 0 saturated carbocycles. The topological polar surface area (TPSA) is 55.9 Å². The van der Waals surface area contributed by atoms with Gasteiger partial charge in [0, 0.05) is 5.39 Å². The minimum absolute atomic E-state index is 0.610. The van der Waals surface area contributed by atoms with Crippen LogP contribution in [0.25, 0.3) is 10.9 Å². The van der Waals surface area contributed by atoms with Crippen LogP contribution in [0.4, 0.5) is 11.5 Å². The molecule has 13 heavy (non-hydrogen) atoms. The molecular formula is C10H12N3+. The summed E-state index contributed by atoms with van der Waals surface area (Å²) in [5.41, 5.74) is 13.2. The van der Waals surface area contributed by atoms with Gasteiger partial charge in [-0.2, -0.15) is 0 Å². The van der Waals surface area contributed by atoms with Crippen molar-refractivity contribution in [1.29, 1.82) is 0 Å². The number of anilines is 2. The normalized spacial score (nSPS) is 10.5. The van der Waals surface area contributed by atoms with Crippen LogP contribution in [-0.2, 0) is 7.05 Å². The molecule has 2 aromatic rings.